The number of nitriles is 1. The number of furan rings is 1. The molecule has 4 heteroatoms. The number of carbonyl (C=O) groups excluding carboxylic acids is 1. The number of nitrogens with zero attached hydrogens (tertiary/aromatic N) is 2. The average Bonchev–Trinajstić information content (AvgIpc) is 2.77. The number of benzene rings is 1. The van der Waals surface area contributed by atoms with E-state index in [9.17, 15) is 4.79 Å². The number of aryl methyl sites for hydroxylation is 1. The van der Waals surface area contributed by atoms with Gasteiger partial charge in [0.25, 0.3) is 5.91 Å². The molecule has 0 unspecified atom stereocenters. The van der Waals surface area contributed by atoms with Crippen LogP contribution in [-0.2, 0) is 0 Å². The Morgan fingerprint density at radius 1 is 1.44 bits per heavy atom. The molecule has 2 rings (SSSR count). The molecule has 0 saturated heterocycles. The molecule has 1 aromatic carbocycles. The molecule has 1 aromatic heterocycles. The van der Waals surface area contributed by atoms with Gasteiger partial charge in [0.15, 0.2) is 5.76 Å². The lowest BCUT2D eigenvalue weighted by atomic mass is 10.2. The smallest absolute Gasteiger partial charge is 0.290 e. The van der Waals surface area contributed by atoms with Crippen molar-refractivity contribution < 1.29 is 9.21 Å². The normalized spacial score (nSPS) is 10.3. The van der Waals surface area contributed by atoms with Crippen molar-refractivity contribution in [2.24, 2.45) is 0 Å². The first-order valence-corrected chi connectivity index (χ1v) is 5.82. The molecule has 0 saturated carbocycles. The Kier molecular flexibility index (Phi) is 3.33. The summed E-state index contributed by atoms with van der Waals surface area (Å²) in [6, 6.07) is 9.46. The summed E-state index contributed by atoms with van der Waals surface area (Å²) in [5.41, 5.74) is 1.81. The summed E-state index contributed by atoms with van der Waals surface area (Å²) < 4.78 is 5.51. The van der Waals surface area contributed by atoms with Crippen molar-refractivity contribution in [3.8, 4) is 6.07 Å². The molecule has 0 atom stereocenters. The maximum absolute atomic E-state index is 12.1. The van der Waals surface area contributed by atoms with Crippen LogP contribution >= 0.6 is 0 Å². The van der Waals surface area contributed by atoms with Crippen LogP contribution in [0.3, 0.4) is 0 Å². The van der Waals surface area contributed by atoms with E-state index in [0.29, 0.717) is 12.1 Å². The van der Waals surface area contributed by atoms with Crippen LogP contribution in [0, 0.1) is 18.3 Å². The lowest BCUT2D eigenvalue weighted by Gasteiger charge is -2.14. The van der Waals surface area contributed by atoms with Crippen molar-refractivity contribution in [3.63, 3.8) is 0 Å². The van der Waals surface area contributed by atoms with Crippen LogP contribution in [0.4, 0.5) is 0 Å². The van der Waals surface area contributed by atoms with Gasteiger partial charge >= 0.3 is 0 Å². The number of rotatable bonds is 3. The van der Waals surface area contributed by atoms with Gasteiger partial charge in [0.1, 0.15) is 12.1 Å². The van der Waals surface area contributed by atoms with Gasteiger partial charge in [-0.15, -0.1) is 0 Å². The van der Waals surface area contributed by atoms with Crippen LogP contribution in [0.15, 0.2) is 28.7 Å². The minimum absolute atomic E-state index is 0.0748. The fourth-order valence-corrected chi connectivity index (χ4v) is 1.84. The van der Waals surface area contributed by atoms with Crippen molar-refractivity contribution in [1.29, 1.82) is 5.26 Å². The van der Waals surface area contributed by atoms with Crippen molar-refractivity contribution in [1.82, 2.24) is 4.90 Å². The van der Waals surface area contributed by atoms with E-state index in [0.717, 1.165) is 10.9 Å². The standard InChI is InChI=1S/C14H14N2O2/c1-3-16(7-6-15)14(17)13-9-11-8-10(2)4-5-12(11)18-13/h4-5,8-9H,3,7H2,1-2H3. The summed E-state index contributed by atoms with van der Waals surface area (Å²) in [6.45, 7) is 4.39. The molecule has 0 fully saturated rings. The van der Waals surface area contributed by atoms with Gasteiger partial charge in [0.05, 0.1) is 6.07 Å². The maximum Gasteiger partial charge on any atom is 0.290 e. The maximum atomic E-state index is 12.1. The van der Waals surface area contributed by atoms with Gasteiger partial charge in [-0.05, 0) is 32.0 Å². The van der Waals surface area contributed by atoms with Gasteiger partial charge in [-0.3, -0.25) is 4.79 Å². The number of amides is 1. The zero-order chi connectivity index (χ0) is 13.1. The molecule has 0 bridgehead atoms. The van der Waals surface area contributed by atoms with E-state index in [4.69, 9.17) is 9.68 Å². The third-order valence-corrected chi connectivity index (χ3v) is 2.81. The van der Waals surface area contributed by atoms with Crippen LogP contribution in [0.2, 0.25) is 0 Å². The fraction of sp³-hybridized carbons (Fsp3) is 0.286. The van der Waals surface area contributed by atoms with Gasteiger partial charge in [-0.1, -0.05) is 11.6 Å². The summed E-state index contributed by atoms with van der Waals surface area (Å²) in [7, 11) is 0. The van der Waals surface area contributed by atoms with Gasteiger partial charge in [-0.2, -0.15) is 5.26 Å². The molecule has 18 heavy (non-hydrogen) atoms. The summed E-state index contributed by atoms with van der Waals surface area (Å²) in [5, 5.41) is 9.57. The molecule has 0 N–H and O–H groups in total. The summed E-state index contributed by atoms with van der Waals surface area (Å²) in [5.74, 6) is 0.0422. The first kappa shape index (κ1) is 12.2. The van der Waals surface area contributed by atoms with E-state index < -0.39 is 0 Å². The highest BCUT2D eigenvalue weighted by Crippen LogP contribution is 2.21. The van der Waals surface area contributed by atoms with Crippen LogP contribution in [0.1, 0.15) is 23.0 Å². The molecule has 1 heterocycles. The van der Waals surface area contributed by atoms with E-state index in [1.165, 1.54) is 4.90 Å². The number of fused-ring (bicyclic) bond motifs is 1. The molecule has 0 aliphatic rings. The van der Waals surface area contributed by atoms with Gasteiger partial charge < -0.3 is 9.32 Å². The summed E-state index contributed by atoms with van der Waals surface area (Å²) in [6.07, 6.45) is 0. The van der Waals surface area contributed by atoms with Gasteiger partial charge in [0, 0.05) is 11.9 Å². The quantitative estimate of drug-likeness (QED) is 0.777. The zero-order valence-corrected chi connectivity index (χ0v) is 10.4. The van der Waals surface area contributed by atoms with Crippen molar-refractivity contribution in [2.75, 3.05) is 13.1 Å². The van der Waals surface area contributed by atoms with E-state index in [-0.39, 0.29) is 18.2 Å². The van der Waals surface area contributed by atoms with E-state index in [1.807, 2.05) is 38.1 Å². The SMILES string of the molecule is CCN(CC#N)C(=O)c1cc2cc(C)ccc2o1. The number of carbonyl (C=O) groups is 1. The Hall–Kier alpha value is -2.28. The van der Waals surface area contributed by atoms with Crippen molar-refractivity contribution in [3.05, 3.63) is 35.6 Å². The molecule has 92 valence electrons. The highest BCUT2D eigenvalue weighted by Gasteiger charge is 2.18. The second-order valence-electron chi connectivity index (χ2n) is 4.13. The van der Waals surface area contributed by atoms with E-state index in [2.05, 4.69) is 0 Å². The van der Waals surface area contributed by atoms with Gasteiger partial charge in [-0.25, -0.2) is 0 Å². The minimum Gasteiger partial charge on any atom is -0.451 e. The Balaban J connectivity index is 2.36. The molecule has 0 spiro atoms. The molecular weight excluding hydrogens is 228 g/mol. The third-order valence-electron chi connectivity index (χ3n) is 2.81. The third kappa shape index (κ3) is 2.21. The second kappa shape index (κ2) is 4.92. The number of hydrogen-bond acceptors (Lipinski definition) is 3. The largest absolute Gasteiger partial charge is 0.451 e. The van der Waals surface area contributed by atoms with Crippen molar-refractivity contribution >= 4 is 16.9 Å². The van der Waals surface area contributed by atoms with Crippen LogP contribution in [0.5, 0.6) is 0 Å². The highest BCUT2D eigenvalue weighted by atomic mass is 16.3. The molecule has 0 aliphatic heterocycles. The highest BCUT2D eigenvalue weighted by molar-refractivity contribution is 5.96. The summed E-state index contributed by atoms with van der Waals surface area (Å²) >= 11 is 0. The predicted octanol–water partition coefficient (Wildman–Crippen LogP) is 2.73. The Morgan fingerprint density at radius 3 is 2.89 bits per heavy atom. The average molecular weight is 242 g/mol. The van der Waals surface area contributed by atoms with Crippen LogP contribution < -0.4 is 0 Å². The zero-order valence-electron chi connectivity index (χ0n) is 10.4. The number of hydrogen-bond donors (Lipinski definition) is 0. The van der Waals surface area contributed by atoms with Crippen molar-refractivity contribution in [2.45, 2.75) is 13.8 Å². The molecule has 1 amide bonds. The van der Waals surface area contributed by atoms with E-state index >= 15 is 0 Å². The minimum atomic E-state index is -0.243. The Labute approximate surface area is 105 Å². The van der Waals surface area contributed by atoms with Crippen LogP contribution in [0.25, 0.3) is 11.0 Å². The molecular formula is C14H14N2O2. The molecule has 4 nitrogen and oxygen atoms in total. The lowest BCUT2D eigenvalue weighted by molar-refractivity contribution is 0.0755. The molecule has 0 radical (unpaired) electrons. The first-order valence-electron chi connectivity index (χ1n) is 5.82. The topological polar surface area (TPSA) is 57.2 Å². The first-order chi connectivity index (χ1) is 8.65. The summed E-state index contributed by atoms with van der Waals surface area (Å²) in [4.78, 5) is 13.6. The predicted molar refractivity (Wildman–Crippen MR) is 68.1 cm³/mol. The van der Waals surface area contributed by atoms with Crippen LogP contribution in [-0.4, -0.2) is 23.9 Å². The monoisotopic (exact) mass is 242 g/mol. The Bertz CT molecular complexity index is 622. The second-order valence-corrected chi connectivity index (χ2v) is 4.13. The van der Waals surface area contributed by atoms with E-state index in [1.54, 1.807) is 6.07 Å². The van der Waals surface area contributed by atoms with Gasteiger partial charge in [0.2, 0.25) is 0 Å². The molecule has 0 aliphatic carbocycles. The fourth-order valence-electron chi connectivity index (χ4n) is 1.84. The lowest BCUT2D eigenvalue weighted by Crippen LogP contribution is -2.30. The Morgan fingerprint density at radius 2 is 2.22 bits per heavy atom. The molecule has 2 aromatic rings.